The molecule has 11 aliphatic rings. The Morgan fingerprint density at radius 3 is 0.739 bits per heavy atom. The van der Waals surface area contributed by atoms with Crippen molar-refractivity contribution in [2.45, 2.75) is 246 Å². The Kier molecular flexibility index (Phi) is 16.0. The van der Waals surface area contributed by atoms with E-state index in [9.17, 15) is 0 Å². The summed E-state index contributed by atoms with van der Waals surface area (Å²) in [7, 11) is -1.93. The van der Waals surface area contributed by atoms with Crippen molar-refractivity contribution in [3.63, 3.8) is 0 Å². The van der Waals surface area contributed by atoms with E-state index in [1.807, 2.05) is 0 Å². The van der Waals surface area contributed by atoms with E-state index >= 15 is 0 Å². The Hall–Kier alpha value is -4.77. The van der Waals surface area contributed by atoms with E-state index in [0.29, 0.717) is 47.3 Å². The minimum atomic E-state index is -1.63. The van der Waals surface area contributed by atoms with Gasteiger partial charge in [0.25, 0.3) is 0 Å². The van der Waals surface area contributed by atoms with Gasteiger partial charge in [0, 0.05) is 47.5 Å². The molecule has 16 rings (SSSR count). The van der Waals surface area contributed by atoms with Crippen LogP contribution in [0, 0.1) is 35.5 Å². The first-order chi connectivity index (χ1) is 42.1. The third kappa shape index (κ3) is 10.4. The van der Waals surface area contributed by atoms with Gasteiger partial charge in [-0.1, -0.05) is 184 Å². The SMILES string of the molecule is CC(C)c1cccc(C(C)C)c1N1C=CN(c2c(C(C)C)cccc2C(C)C)B1N1CCN(B2N(c3c(C(C)C)cccc3C(C)C)C=CN2c2c(C(C)C)cccc2C(C)C)B1[si-]1c(=NC23CC4CC(CC(C4)C2)C3)c1=NC12CC3CC(CC(C3)C1)C2. The Bertz CT molecular complexity index is 3040. The third-order valence-electron chi connectivity index (χ3n) is 23.7. The topological polar surface area (TPSA) is 44.2 Å². The highest BCUT2D eigenvalue weighted by atomic mass is 28.2. The lowest BCUT2D eigenvalue weighted by Crippen LogP contribution is -2.70. The molecule has 12 heteroatoms. The van der Waals surface area contributed by atoms with E-state index in [4.69, 9.17) is 9.98 Å². The van der Waals surface area contributed by atoms with Crippen LogP contribution in [-0.2, 0) is 0 Å². The molecule has 88 heavy (non-hydrogen) atoms. The Labute approximate surface area is 534 Å². The van der Waals surface area contributed by atoms with Crippen LogP contribution in [0.3, 0.4) is 0 Å². The Balaban J connectivity index is 1.07. The highest BCUT2D eigenvalue weighted by Gasteiger charge is 2.57. The quantitative estimate of drug-likeness (QED) is 0.0865. The molecule has 8 saturated carbocycles. The summed E-state index contributed by atoms with van der Waals surface area (Å²) in [5.41, 5.74) is 17.1. The summed E-state index contributed by atoms with van der Waals surface area (Å²) < 4.78 is 6.19. The Morgan fingerprint density at radius 1 is 0.341 bits per heavy atom. The smallest absolute Gasteiger partial charge is 0.356 e. The van der Waals surface area contributed by atoms with E-state index in [2.05, 4.69) is 237 Å². The molecule has 0 radical (unpaired) electrons. The summed E-state index contributed by atoms with van der Waals surface area (Å²) in [4.78, 5) is 27.4. The summed E-state index contributed by atoms with van der Waals surface area (Å²) in [6.45, 7) is 40.6. The molecule has 0 atom stereocenters. The van der Waals surface area contributed by atoms with Crippen LogP contribution in [0.1, 0.15) is 280 Å². The van der Waals surface area contributed by atoms with Crippen molar-refractivity contribution in [2.75, 3.05) is 32.3 Å². The maximum atomic E-state index is 6.61. The number of hydrogen-bond donors (Lipinski definition) is 0. The van der Waals surface area contributed by atoms with Crippen LogP contribution < -0.4 is 29.2 Å². The lowest BCUT2D eigenvalue weighted by atomic mass is 9.53. The number of anilines is 4. The van der Waals surface area contributed by atoms with E-state index < -0.39 is 8.27 Å². The first kappa shape index (κ1) is 60.8. The first-order valence-corrected chi connectivity index (χ1v) is 37.3. The van der Waals surface area contributed by atoms with Gasteiger partial charge in [0.15, 0.2) is 0 Å². The van der Waals surface area contributed by atoms with Gasteiger partial charge in [0.05, 0.1) is 11.1 Å². The summed E-state index contributed by atoms with van der Waals surface area (Å²) in [6.07, 6.45) is 26.4. The van der Waals surface area contributed by atoms with Gasteiger partial charge in [0.1, 0.15) is 6.57 Å². The maximum absolute atomic E-state index is 6.61. The molecule has 8 aliphatic carbocycles. The molecule has 3 aliphatic heterocycles. The molecule has 8 nitrogen and oxygen atoms in total. The zero-order valence-corrected chi connectivity index (χ0v) is 58.0. The van der Waals surface area contributed by atoms with Crippen LogP contribution in [-0.4, -0.2) is 62.7 Å². The molecule has 5 aromatic rings. The third-order valence-corrected chi connectivity index (χ3v) is 26.3. The van der Waals surface area contributed by atoms with Crippen molar-refractivity contribution in [3.05, 3.63) is 152 Å². The fourth-order valence-corrected chi connectivity index (χ4v) is 23.6. The fraction of sp³-hybridized carbons (Fsp3) is 0.605. The summed E-state index contributed by atoms with van der Waals surface area (Å²) in [5, 5.41) is 0. The minimum Gasteiger partial charge on any atom is -0.356 e. The van der Waals surface area contributed by atoms with Crippen LogP contribution in [0.2, 0.25) is 0 Å². The number of para-hydroxylation sites is 4. The number of benzene rings is 4. The van der Waals surface area contributed by atoms with Gasteiger partial charge in [0.2, 0.25) is 0 Å². The molecule has 1 saturated heterocycles. The second kappa shape index (κ2) is 23.1. The van der Waals surface area contributed by atoms with E-state index in [-0.39, 0.29) is 31.9 Å². The van der Waals surface area contributed by atoms with Gasteiger partial charge in [-0.25, -0.2) is 0 Å². The summed E-state index contributed by atoms with van der Waals surface area (Å²) in [5.74, 6) is 7.65. The fourth-order valence-electron chi connectivity index (χ4n) is 20.5. The van der Waals surface area contributed by atoms with Crippen LogP contribution in [0.5, 0.6) is 0 Å². The molecule has 1 aromatic heterocycles. The number of hydrogen-bond acceptors (Lipinski definition) is 8. The zero-order chi connectivity index (χ0) is 61.6. The van der Waals surface area contributed by atoms with E-state index in [0.717, 1.165) is 48.6 Å². The van der Waals surface area contributed by atoms with Crippen molar-refractivity contribution >= 4 is 51.8 Å². The second-order valence-electron chi connectivity index (χ2n) is 32.8. The molecular formula is C76H106B3N8Si-. The molecule has 4 heterocycles. The normalized spacial score (nSPS) is 28.3. The largest absolute Gasteiger partial charge is 0.467 e. The van der Waals surface area contributed by atoms with Gasteiger partial charge in [-0.05, 0) is 217 Å². The van der Waals surface area contributed by atoms with Gasteiger partial charge in [-0.15, -0.1) is 9.94 Å². The molecule has 0 N–H and O–H groups in total. The highest BCUT2D eigenvalue weighted by molar-refractivity contribution is 7.22. The average molecular weight is 1190 g/mol. The van der Waals surface area contributed by atoms with Crippen LogP contribution >= 0.6 is 0 Å². The molecular weight excluding hydrogens is 1090 g/mol. The summed E-state index contributed by atoms with van der Waals surface area (Å²) >= 11 is 0. The highest BCUT2D eigenvalue weighted by Crippen LogP contribution is 2.59. The lowest BCUT2D eigenvalue weighted by Gasteiger charge is -2.55. The van der Waals surface area contributed by atoms with Crippen molar-refractivity contribution in [2.24, 2.45) is 45.5 Å². The predicted octanol–water partition coefficient (Wildman–Crippen LogP) is 17.4. The predicted molar refractivity (Wildman–Crippen MR) is 376 cm³/mol. The lowest BCUT2D eigenvalue weighted by molar-refractivity contribution is -0.00123. The van der Waals surface area contributed by atoms with Crippen LogP contribution in [0.15, 0.2) is 108 Å². The van der Waals surface area contributed by atoms with Gasteiger partial charge >= 0.3 is 14.2 Å². The summed E-state index contributed by atoms with van der Waals surface area (Å²) in [6, 6.07) is 29.0. The average Bonchev–Trinajstić information content (AvgIpc) is 1.54. The number of nitrogens with zero attached hydrogens (tertiary/aromatic N) is 8. The monoisotopic (exact) mass is 1190 g/mol. The second-order valence-corrected chi connectivity index (χ2v) is 35.1. The van der Waals surface area contributed by atoms with E-state index in [1.165, 1.54) is 154 Å². The van der Waals surface area contributed by atoms with Crippen molar-refractivity contribution < 1.29 is 0 Å². The molecule has 0 spiro atoms. The molecule has 4 aromatic carbocycles. The van der Waals surface area contributed by atoms with Crippen molar-refractivity contribution in [1.29, 1.82) is 0 Å². The molecule has 8 bridgehead atoms. The molecule has 0 amide bonds. The van der Waals surface area contributed by atoms with Crippen molar-refractivity contribution in [1.82, 2.24) is 9.44 Å². The molecule has 0 unspecified atom stereocenters. The van der Waals surface area contributed by atoms with Crippen LogP contribution in [0.4, 0.5) is 22.7 Å². The Morgan fingerprint density at radius 2 is 0.545 bits per heavy atom. The van der Waals surface area contributed by atoms with Gasteiger partial charge in [-0.2, -0.15) is 8.27 Å². The molecule has 9 fully saturated rings. The van der Waals surface area contributed by atoms with E-state index in [1.54, 1.807) is 0 Å². The standard InChI is InChI=1S/C76H106B3N8Si/c1-47(2)61-21-17-22-62(48(3)4)69(61)82-29-30-83(70-63(49(5)6)23-18-24-64(70)50(7)8)77(82)86-33-34-87(78-84(71-65(51(9)10)25-19-26-66(71)52(11)12)31-32-85(78)72-67(53(13)14)27-20-28-68(72)54(15)16)79(86)88-73(80-75-41-55-35-56(42-75)37-57(36-55)43-75)74(88)81-76-44-58-38-59(45-76)40-60(39-58)46-76/h17-32,47-60H,33-46H2,1-16H3/q-1. The zero-order valence-electron chi connectivity index (χ0n) is 57.0. The van der Waals surface area contributed by atoms with Crippen LogP contribution in [0.25, 0.3) is 0 Å². The first-order valence-electron chi connectivity index (χ1n) is 35.7. The van der Waals surface area contributed by atoms with Crippen molar-refractivity contribution in [3.8, 4) is 0 Å². The van der Waals surface area contributed by atoms with Gasteiger partial charge in [-0.3, -0.25) is 0 Å². The molecule has 464 valence electrons. The minimum absolute atomic E-state index is 0.0278. The van der Waals surface area contributed by atoms with Gasteiger partial charge < -0.3 is 38.7 Å². The maximum Gasteiger partial charge on any atom is 0.467 e. The number of rotatable bonds is 17.